The average Bonchev–Trinajstić information content (AvgIpc) is 2.28. The molecule has 2 rings (SSSR count). The number of piperidine rings is 1. The minimum absolute atomic E-state index is 0.0540. The number of rotatable bonds is 2. The van der Waals surface area contributed by atoms with E-state index in [9.17, 15) is 13.2 Å². The van der Waals surface area contributed by atoms with E-state index in [2.05, 4.69) is 10.3 Å². The lowest BCUT2D eigenvalue weighted by Gasteiger charge is -2.23. The van der Waals surface area contributed by atoms with E-state index >= 15 is 0 Å². The molecule has 1 aliphatic heterocycles. The van der Waals surface area contributed by atoms with E-state index in [1.807, 2.05) is 0 Å². The quantitative estimate of drug-likeness (QED) is 0.887. The van der Waals surface area contributed by atoms with Crippen LogP contribution in [0.2, 0.25) is 0 Å². The Bertz CT molecular complexity index is 414. The first-order valence-corrected chi connectivity index (χ1v) is 5.88. The molecule has 0 bridgehead atoms. The van der Waals surface area contributed by atoms with Gasteiger partial charge in [-0.1, -0.05) is 0 Å². The van der Waals surface area contributed by atoms with E-state index in [1.54, 1.807) is 6.92 Å². The monoisotopic (exact) mass is 260 g/mol. The molecule has 0 spiro atoms. The number of aryl methyl sites for hydroxylation is 1. The van der Waals surface area contributed by atoms with Gasteiger partial charge in [0.1, 0.15) is 11.8 Å². The van der Waals surface area contributed by atoms with Crippen LogP contribution in [0.3, 0.4) is 0 Å². The van der Waals surface area contributed by atoms with Crippen molar-refractivity contribution in [3.05, 3.63) is 23.4 Å². The van der Waals surface area contributed by atoms with Gasteiger partial charge in [0.25, 0.3) is 0 Å². The fourth-order valence-electron chi connectivity index (χ4n) is 1.92. The van der Waals surface area contributed by atoms with Gasteiger partial charge in [-0.05, 0) is 44.5 Å². The number of hydrogen-bond donors (Lipinski definition) is 1. The summed E-state index contributed by atoms with van der Waals surface area (Å²) < 4.78 is 43.3. The molecule has 0 radical (unpaired) electrons. The van der Waals surface area contributed by atoms with Crippen molar-refractivity contribution in [1.29, 1.82) is 0 Å². The Morgan fingerprint density at radius 2 is 1.94 bits per heavy atom. The van der Waals surface area contributed by atoms with Gasteiger partial charge in [-0.15, -0.1) is 0 Å². The van der Waals surface area contributed by atoms with Crippen LogP contribution in [0, 0.1) is 6.92 Å². The molecule has 0 aliphatic carbocycles. The fourth-order valence-corrected chi connectivity index (χ4v) is 1.92. The first-order chi connectivity index (χ1) is 8.45. The van der Waals surface area contributed by atoms with Crippen molar-refractivity contribution in [2.75, 3.05) is 13.1 Å². The molecule has 3 nitrogen and oxygen atoms in total. The molecule has 1 aromatic rings. The van der Waals surface area contributed by atoms with E-state index in [0.29, 0.717) is 5.56 Å². The summed E-state index contributed by atoms with van der Waals surface area (Å²) in [5, 5.41) is 3.17. The number of nitrogens with one attached hydrogen (secondary N) is 1. The van der Waals surface area contributed by atoms with Crippen molar-refractivity contribution in [3.8, 4) is 5.88 Å². The highest BCUT2D eigenvalue weighted by Crippen LogP contribution is 2.30. The fraction of sp³-hybridized carbons (Fsp3) is 0.583. The van der Waals surface area contributed by atoms with E-state index in [1.165, 1.54) is 6.07 Å². The smallest absolute Gasteiger partial charge is 0.433 e. The molecule has 0 atom stereocenters. The molecule has 1 N–H and O–H groups in total. The van der Waals surface area contributed by atoms with E-state index in [4.69, 9.17) is 4.74 Å². The summed E-state index contributed by atoms with van der Waals surface area (Å²) in [5.74, 6) is 0.0641. The Hall–Kier alpha value is -1.30. The predicted molar refractivity (Wildman–Crippen MR) is 60.5 cm³/mol. The van der Waals surface area contributed by atoms with Crippen molar-refractivity contribution >= 4 is 0 Å². The lowest BCUT2D eigenvalue weighted by molar-refractivity contribution is -0.141. The third kappa shape index (κ3) is 3.35. The molecule has 0 aromatic carbocycles. The Morgan fingerprint density at radius 1 is 1.28 bits per heavy atom. The molecule has 18 heavy (non-hydrogen) atoms. The molecule has 100 valence electrons. The van der Waals surface area contributed by atoms with Crippen LogP contribution in [0.25, 0.3) is 0 Å². The Kier molecular flexibility index (Phi) is 3.75. The molecule has 0 amide bonds. The maximum atomic E-state index is 12.6. The van der Waals surface area contributed by atoms with Crippen molar-refractivity contribution in [3.63, 3.8) is 0 Å². The van der Waals surface area contributed by atoms with Gasteiger partial charge in [-0.3, -0.25) is 0 Å². The first-order valence-electron chi connectivity index (χ1n) is 5.88. The van der Waals surface area contributed by atoms with Gasteiger partial charge in [0, 0.05) is 6.07 Å². The summed E-state index contributed by atoms with van der Waals surface area (Å²) in [6, 6.07) is 2.56. The van der Waals surface area contributed by atoms with Gasteiger partial charge in [0.15, 0.2) is 0 Å². The zero-order valence-electron chi connectivity index (χ0n) is 10.0. The van der Waals surface area contributed by atoms with Crippen molar-refractivity contribution in [1.82, 2.24) is 10.3 Å². The molecule has 1 saturated heterocycles. The summed E-state index contributed by atoms with van der Waals surface area (Å²) in [6.07, 6.45) is -2.91. The van der Waals surface area contributed by atoms with Crippen LogP contribution < -0.4 is 10.1 Å². The summed E-state index contributed by atoms with van der Waals surface area (Å²) in [4.78, 5) is 3.53. The largest absolute Gasteiger partial charge is 0.474 e. The number of alkyl halides is 3. The zero-order chi connectivity index (χ0) is 13.2. The highest BCUT2D eigenvalue weighted by molar-refractivity contribution is 5.25. The molecular formula is C12H15F3N2O. The van der Waals surface area contributed by atoms with Crippen LogP contribution in [0.5, 0.6) is 5.88 Å². The van der Waals surface area contributed by atoms with Gasteiger partial charge < -0.3 is 10.1 Å². The third-order valence-corrected chi connectivity index (χ3v) is 2.81. The van der Waals surface area contributed by atoms with Crippen molar-refractivity contribution < 1.29 is 17.9 Å². The second kappa shape index (κ2) is 5.14. The van der Waals surface area contributed by atoms with Crippen LogP contribution in [0.15, 0.2) is 12.1 Å². The molecule has 0 saturated carbocycles. The summed E-state index contributed by atoms with van der Waals surface area (Å²) in [6.45, 7) is 3.25. The Morgan fingerprint density at radius 3 is 2.56 bits per heavy atom. The molecule has 1 fully saturated rings. The van der Waals surface area contributed by atoms with Crippen LogP contribution in [-0.4, -0.2) is 24.2 Å². The Labute approximate surface area is 103 Å². The van der Waals surface area contributed by atoms with Crippen LogP contribution >= 0.6 is 0 Å². The minimum atomic E-state index is -4.43. The molecule has 2 heterocycles. The van der Waals surface area contributed by atoms with E-state index in [-0.39, 0.29) is 12.0 Å². The van der Waals surface area contributed by atoms with Gasteiger partial charge in [0.2, 0.25) is 5.88 Å². The molecule has 6 heteroatoms. The van der Waals surface area contributed by atoms with Gasteiger partial charge in [0.05, 0.1) is 0 Å². The molecular weight excluding hydrogens is 245 g/mol. The maximum absolute atomic E-state index is 12.6. The van der Waals surface area contributed by atoms with Crippen molar-refractivity contribution in [2.24, 2.45) is 0 Å². The normalized spacial score (nSPS) is 17.8. The Balaban J connectivity index is 2.14. The number of aromatic nitrogens is 1. The first kappa shape index (κ1) is 13.1. The van der Waals surface area contributed by atoms with Crippen LogP contribution in [0.1, 0.15) is 24.1 Å². The number of nitrogens with zero attached hydrogens (tertiary/aromatic N) is 1. The summed E-state index contributed by atoms with van der Waals surface area (Å²) >= 11 is 0. The lowest BCUT2D eigenvalue weighted by atomic mass is 10.1. The average molecular weight is 260 g/mol. The standard InChI is InChI=1S/C12H15F3N2O/c1-8-6-10(12(13,14)15)17-11(7-8)18-9-2-4-16-5-3-9/h6-7,9,16H,2-5H2,1H3. The number of hydrogen-bond acceptors (Lipinski definition) is 3. The molecule has 1 aliphatic rings. The number of pyridine rings is 1. The number of halogens is 3. The lowest BCUT2D eigenvalue weighted by Crippen LogP contribution is -2.34. The van der Waals surface area contributed by atoms with Gasteiger partial charge in [-0.25, -0.2) is 4.98 Å². The van der Waals surface area contributed by atoms with Crippen LogP contribution in [-0.2, 0) is 6.18 Å². The SMILES string of the molecule is Cc1cc(OC2CCNCC2)nc(C(F)(F)F)c1. The van der Waals surface area contributed by atoms with Crippen LogP contribution in [0.4, 0.5) is 13.2 Å². The topological polar surface area (TPSA) is 34.1 Å². The highest BCUT2D eigenvalue weighted by atomic mass is 19.4. The highest BCUT2D eigenvalue weighted by Gasteiger charge is 2.33. The maximum Gasteiger partial charge on any atom is 0.433 e. The third-order valence-electron chi connectivity index (χ3n) is 2.81. The van der Waals surface area contributed by atoms with E-state index < -0.39 is 11.9 Å². The molecule has 1 aromatic heterocycles. The predicted octanol–water partition coefficient (Wildman–Crippen LogP) is 2.54. The van der Waals surface area contributed by atoms with Gasteiger partial charge >= 0.3 is 6.18 Å². The minimum Gasteiger partial charge on any atom is -0.474 e. The van der Waals surface area contributed by atoms with Crippen molar-refractivity contribution in [2.45, 2.75) is 32.0 Å². The van der Waals surface area contributed by atoms with E-state index in [0.717, 1.165) is 32.0 Å². The zero-order valence-corrected chi connectivity index (χ0v) is 10.0. The molecule has 0 unspecified atom stereocenters. The number of ether oxygens (including phenoxy) is 1. The second-order valence-corrected chi connectivity index (χ2v) is 4.43. The second-order valence-electron chi connectivity index (χ2n) is 4.43. The van der Waals surface area contributed by atoms with Gasteiger partial charge in [-0.2, -0.15) is 13.2 Å². The summed E-state index contributed by atoms with van der Waals surface area (Å²) in [7, 11) is 0. The summed E-state index contributed by atoms with van der Waals surface area (Å²) in [5.41, 5.74) is -0.396.